The molecule has 0 aliphatic heterocycles. The molecule has 3 heteroatoms. The Kier molecular flexibility index (Phi) is 1.53. The number of carbonyl (C=O) groups excluding carboxylic acids is 2. The fraction of sp³-hybridized carbons (Fsp3) is 0.833. The minimum Gasteiger partial charge on any atom is -0.465 e. The largest absolute Gasteiger partial charge is 0.465 e. The monoisotopic (exact) mass is 208 g/mol. The second-order valence-corrected chi connectivity index (χ2v) is 5.33. The maximum atomic E-state index is 12.2. The smallest absolute Gasteiger partial charge is 0.320 e. The van der Waals surface area contributed by atoms with Crippen LogP contribution in [0.25, 0.3) is 0 Å². The third-order valence-electron chi connectivity index (χ3n) is 5.00. The Morgan fingerprint density at radius 3 is 2.87 bits per heavy atom. The van der Waals surface area contributed by atoms with Crippen LogP contribution in [0.1, 0.15) is 33.1 Å². The van der Waals surface area contributed by atoms with Gasteiger partial charge in [-0.25, -0.2) is 0 Å². The predicted octanol–water partition coefficient (Wildman–Crippen LogP) is 1.55. The molecule has 0 spiro atoms. The van der Waals surface area contributed by atoms with E-state index in [1.165, 1.54) is 0 Å². The highest BCUT2D eigenvalue weighted by atomic mass is 16.5. The van der Waals surface area contributed by atoms with Crippen LogP contribution < -0.4 is 0 Å². The molecule has 82 valence electrons. The van der Waals surface area contributed by atoms with Crippen molar-refractivity contribution < 1.29 is 14.3 Å². The lowest BCUT2D eigenvalue weighted by atomic mass is 9.72. The van der Waals surface area contributed by atoms with Gasteiger partial charge in [-0.05, 0) is 37.5 Å². The van der Waals surface area contributed by atoms with Crippen LogP contribution in [0.2, 0.25) is 0 Å². The van der Waals surface area contributed by atoms with E-state index in [0.29, 0.717) is 6.61 Å². The molecule has 0 heterocycles. The number of ether oxygens (including phenoxy) is 1. The van der Waals surface area contributed by atoms with Crippen LogP contribution in [0.4, 0.5) is 0 Å². The molecule has 0 unspecified atom stereocenters. The highest BCUT2D eigenvalue weighted by molar-refractivity contribution is 6.12. The Labute approximate surface area is 89.2 Å². The van der Waals surface area contributed by atoms with Crippen LogP contribution in [-0.4, -0.2) is 18.4 Å². The fourth-order valence-electron chi connectivity index (χ4n) is 4.20. The highest BCUT2D eigenvalue weighted by Gasteiger charge is 2.87. The molecule has 0 aromatic carbocycles. The molecule has 4 aliphatic carbocycles. The van der Waals surface area contributed by atoms with Gasteiger partial charge in [0.05, 0.1) is 6.61 Å². The van der Waals surface area contributed by atoms with Crippen LogP contribution in [0.5, 0.6) is 0 Å². The molecule has 4 bridgehead atoms. The third kappa shape index (κ3) is 0.734. The number of Topliss-reactive ketones (excluding diaryl/α,β-unsaturated/α-hetero) is 1. The van der Waals surface area contributed by atoms with Crippen molar-refractivity contribution in [2.75, 3.05) is 6.61 Å². The zero-order valence-electron chi connectivity index (χ0n) is 9.21. The van der Waals surface area contributed by atoms with Gasteiger partial charge in [0.1, 0.15) is 5.41 Å². The summed E-state index contributed by atoms with van der Waals surface area (Å²) >= 11 is 0. The molecule has 4 fully saturated rings. The van der Waals surface area contributed by atoms with Crippen molar-refractivity contribution in [3.8, 4) is 0 Å². The molecule has 0 aromatic rings. The molecule has 0 radical (unpaired) electrons. The second-order valence-electron chi connectivity index (χ2n) is 5.33. The van der Waals surface area contributed by atoms with Gasteiger partial charge in [0.15, 0.2) is 5.78 Å². The topological polar surface area (TPSA) is 43.4 Å². The molecule has 0 saturated heterocycles. The minimum absolute atomic E-state index is 0.0644. The van der Waals surface area contributed by atoms with Crippen molar-refractivity contribution in [1.29, 1.82) is 0 Å². The number of fused-ring (bicyclic) bond motifs is 1. The molecule has 4 aliphatic rings. The van der Waals surface area contributed by atoms with E-state index in [9.17, 15) is 9.59 Å². The molecule has 4 atom stereocenters. The van der Waals surface area contributed by atoms with Crippen LogP contribution in [0, 0.1) is 22.7 Å². The number of ketones is 1. The predicted molar refractivity (Wildman–Crippen MR) is 53.0 cm³/mol. The zero-order chi connectivity index (χ0) is 10.8. The first-order valence-corrected chi connectivity index (χ1v) is 5.80. The molecular formula is C12H16O3. The maximum absolute atomic E-state index is 12.2. The van der Waals surface area contributed by atoms with Gasteiger partial charge in [-0.1, -0.05) is 6.92 Å². The van der Waals surface area contributed by atoms with Gasteiger partial charge >= 0.3 is 5.97 Å². The average molecular weight is 208 g/mol. The quantitative estimate of drug-likeness (QED) is 0.511. The van der Waals surface area contributed by atoms with E-state index in [4.69, 9.17) is 4.74 Å². The summed E-state index contributed by atoms with van der Waals surface area (Å²) in [6, 6.07) is 0. The Hall–Kier alpha value is -0.860. The van der Waals surface area contributed by atoms with Crippen LogP contribution in [0.3, 0.4) is 0 Å². The van der Waals surface area contributed by atoms with Crippen LogP contribution in [0.15, 0.2) is 0 Å². The highest BCUT2D eigenvalue weighted by Crippen LogP contribution is 2.81. The first kappa shape index (κ1) is 9.37. The molecular weight excluding hydrogens is 192 g/mol. The van der Waals surface area contributed by atoms with Gasteiger partial charge < -0.3 is 4.74 Å². The summed E-state index contributed by atoms with van der Waals surface area (Å²) < 4.78 is 5.10. The van der Waals surface area contributed by atoms with Crippen molar-refractivity contribution in [3.63, 3.8) is 0 Å². The van der Waals surface area contributed by atoms with E-state index >= 15 is 0 Å². The fourth-order valence-corrected chi connectivity index (χ4v) is 4.20. The third-order valence-corrected chi connectivity index (χ3v) is 5.00. The molecule has 4 rings (SSSR count). The summed E-state index contributed by atoms with van der Waals surface area (Å²) in [6.45, 7) is 4.26. The summed E-state index contributed by atoms with van der Waals surface area (Å²) in [4.78, 5) is 24.1. The molecule has 0 N–H and O–H groups in total. The number of hydrogen-bond donors (Lipinski definition) is 0. The molecule has 4 saturated carbocycles. The normalized spacial score (nSPS) is 50.4. The van der Waals surface area contributed by atoms with Gasteiger partial charge in [0.2, 0.25) is 0 Å². The molecule has 0 amide bonds. The number of hydrogen-bond acceptors (Lipinski definition) is 3. The average Bonchev–Trinajstić information content (AvgIpc) is 2.65. The van der Waals surface area contributed by atoms with Crippen molar-refractivity contribution in [1.82, 2.24) is 0 Å². The van der Waals surface area contributed by atoms with E-state index in [1.54, 1.807) is 6.92 Å². The van der Waals surface area contributed by atoms with Gasteiger partial charge in [-0.3, -0.25) is 9.59 Å². The Morgan fingerprint density at radius 1 is 1.60 bits per heavy atom. The number of esters is 1. The van der Waals surface area contributed by atoms with Gasteiger partial charge in [0, 0.05) is 5.92 Å². The van der Waals surface area contributed by atoms with Gasteiger partial charge in [-0.2, -0.15) is 0 Å². The van der Waals surface area contributed by atoms with Crippen molar-refractivity contribution >= 4 is 11.8 Å². The lowest BCUT2D eigenvalue weighted by molar-refractivity contribution is -0.157. The number of carbonyl (C=O) groups is 2. The zero-order valence-corrected chi connectivity index (χ0v) is 9.21. The Morgan fingerprint density at radius 2 is 2.33 bits per heavy atom. The summed E-state index contributed by atoms with van der Waals surface area (Å²) in [6.07, 6.45) is 2.92. The summed E-state index contributed by atoms with van der Waals surface area (Å²) in [5, 5.41) is 0. The van der Waals surface area contributed by atoms with Gasteiger partial charge in [-0.15, -0.1) is 0 Å². The summed E-state index contributed by atoms with van der Waals surface area (Å²) in [5.41, 5.74) is -0.781. The maximum Gasteiger partial charge on any atom is 0.320 e. The van der Waals surface area contributed by atoms with E-state index in [1.807, 2.05) is 0 Å². The van der Waals surface area contributed by atoms with E-state index in [0.717, 1.165) is 19.3 Å². The summed E-state index contributed by atoms with van der Waals surface area (Å²) in [7, 11) is 0. The van der Waals surface area contributed by atoms with Crippen molar-refractivity contribution in [3.05, 3.63) is 0 Å². The first-order valence-electron chi connectivity index (χ1n) is 5.80. The number of rotatable bonds is 2. The lowest BCUT2D eigenvalue weighted by Crippen LogP contribution is -2.38. The van der Waals surface area contributed by atoms with Crippen molar-refractivity contribution in [2.24, 2.45) is 22.7 Å². The Balaban J connectivity index is 2.00. The van der Waals surface area contributed by atoms with Gasteiger partial charge in [0.25, 0.3) is 0 Å². The van der Waals surface area contributed by atoms with Crippen molar-refractivity contribution in [2.45, 2.75) is 33.1 Å². The molecule has 0 aromatic heterocycles. The Bertz CT molecular complexity index is 362. The molecule has 3 nitrogen and oxygen atoms in total. The summed E-state index contributed by atoms with van der Waals surface area (Å²) in [5.74, 6) is 0.376. The van der Waals surface area contributed by atoms with Crippen LogP contribution in [-0.2, 0) is 14.3 Å². The standard InChI is InChI=1S/C12H16O3/c1-3-15-10(14)12-8-6-7(9(12)13)4-5-11(8,12)2/h7-8H,3-6H2,1-2H3/t7-,8-,11-,12-/m1/s1. The van der Waals surface area contributed by atoms with Crippen LogP contribution >= 0.6 is 0 Å². The lowest BCUT2D eigenvalue weighted by Gasteiger charge is -2.30. The SMILES string of the molecule is CCOC(=O)[C@@]12C(=O)[C@@H]3CC[C@]1(C)[C@H]2C3. The minimum atomic E-state index is -0.716. The second kappa shape index (κ2) is 2.45. The molecule has 15 heavy (non-hydrogen) atoms. The first-order chi connectivity index (χ1) is 7.09. The van der Waals surface area contributed by atoms with E-state index in [2.05, 4.69) is 6.92 Å². The van der Waals surface area contributed by atoms with E-state index < -0.39 is 5.41 Å². The van der Waals surface area contributed by atoms with E-state index in [-0.39, 0.29) is 29.0 Å².